The fraction of sp³-hybridized carbons (Fsp3) is 0.111. The highest BCUT2D eigenvalue weighted by molar-refractivity contribution is 7.91. The van der Waals surface area contributed by atoms with Crippen molar-refractivity contribution in [3.8, 4) is 5.69 Å². The Morgan fingerprint density at radius 2 is 1.88 bits per heavy atom. The van der Waals surface area contributed by atoms with Crippen molar-refractivity contribution < 1.29 is 17.6 Å². The lowest BCUT2D eigenvalue weighted by Gasteiger charge is -2.06. The lowest BCUT2D eigenvalue weighted by molar-refractivity contribution is 0.102. The Balaban J connectivity index is 1.55. The quantitative estimate of drug-likeness (QED) is 0.767. The third-order valence-corrected chi connectivity index (χ3v) is 6.00. The summed E-state index contributed by atoms with van der Waals surface area (Å²) in [5.74, 6) is -0.714. The first kappa shape index (κ1) is 16.5. The number of nitrogens with one attached hydrogen (secondary N) is 1. The predicted octanol–water partition coefficient (Wildman–Crippen LogP) is 2.59. The van der Waals surface area contributed by atoms with E-state index in [1.165, 1.54) is 28.9 Å². The van der Waals surface area contributed by atoms with Crippen LogP contribution in [0.1, 0.15) is 16.1 Å². The molecule has 3 aromatic rings. The number of carbonyl (C=O) groups excluding carboxylic acids is 1. The Labute approximate surface area is 149 Å². The first-order valence-electron chi connectivity index (χ1n) is 7.91. The summed E-state index contributed by atoms with van der Waals surface area (Å²) in [5, 5.41) is 6.83. The van der Waals surface area contributed by atoms with Crippen LogP contribution in [0, 0.1) is 5.82 Å². The van der Waals surface area contributed by atoms with E-state index in [1.54, 1.807) is 30.5 Å². The Hall–Kier alpha value is -3.00. The summed E-state index contributed by atoms with van der Waals surface area (Å²) >= 11 is 0. The second kappa shape index (κ2) is 6.06. The average Bonchev–Trinajstić information content (AvgIpc) is 3.21. The van der Waals surface area contributed by atoms with Crippen molar-refractivity contribution in [3.05, 3.63) is 71.8 Å². The first-order chi connectivity index (χ1) is 12.4. The van der Waals surface area contributed by atoms with Gasteiger partial charge in [-0.15, -0.1) is 0 Å². The number of amides is 1. The monoisotopic (exact) mass is 371 g/mol. The van der Waals surface area contributed by atoms with E-state index in [9.17, 15) is 17.6 Å². The van der Waals surface area contributed by atoms with E-state index in [4.69, 9.17) is 0 Å². The molecule has 0 unspecified atom stereocenters. The van der Waals surface area contributed by atoms with E-state index in [0.29, 0.717) is 17.8 Å². The van der Waals surface area contributed by atoms with Crippen LogP contribution in [0.2, 0.25) is 0 Å². The molecule has 0 spiro atoms. The van der Waals surface area contributed by atoms with Crippen LogP contribution in [-0.4, -0.2) is 29.9 Å². The number of fused-ring (bicyclic) bond motifs is 1. The molecule has 0 aliphatic carbocycles. The molecular formula is C18H14FN3O3S. The van der Waals surface area contributed by atoms with Gasteiger partial charge in [0.15, 0.2) is 15.5 Å². The topological polar surface area (TPSA) is 81.1 Å². The molecule has 1 N–H and O–H groups in total. The summed E-state index contributed by atoms with van der Waals surface area (Å²) in [4.78, 5) is 12.6. The molecule has 0 fully saturated rings. The summed E-state index contributed by atoms with van der Waals surface area (Å²) in [5.41, 5.74) is 1.95. The largest absolute Gasteiger partial charge is 0.321 e. The SMILES string of the molecule is O=C(Nc1ccc2c(c1)S(=O)(=O)CC2)c1ccn(-c2ccc(F)cc2)n1. The van der Waals surface area contributed by atoms with Crippen LogP contribution >= 0.6 is 0 Å². The molecule has 132 valence electrons. The average molecular weight is 371 g/mol. The second-order valence-corrected chi connectivity index (χ2v) is 8.05. The van der Waals surface area contributed by atoms with Crippen molar-refractivity contribution in [2.45, 2.75) is 11.3 Å². The zero-order chi connectivity index (χ0) is 18.3. The van der Waals surface area contributed by atoms with Gasteiger partial charge in [0.25, 0.3) is 5.91 Å². The van der Waals surface area contributed by atoms with Gasteiger partial charge in [0.2, 0.25) is 0 Å². The van der Waals surface area contributed by atoms with Gasteiger partial charge in [-0.05, 0) is 54.4 Å². The van der Waals surface area contributed by atoms with E-state index in [1.807, 2.05) is 0 Å². The zero-order valence-electron chi connectivity index (χ0n) is 13.5. The van der Waals surface area contributed by atoms with Crippen molar-refractivity contribution in [1.82, 2.24) is 9.78 Å². The lowest BCUT2D eigenvalue weighted by Crippen LogP contribution is -2.13. The molecule has 4 rings (SSSR count). The van der Waals surface area contributed by atoms with E-state index in [-0.39, 0.29) is 22.2 Å². The van der Waals surface area contributed by atoms with Crippen LogP contribution in [0.25, 0.3) is 5.69 Å². The molecule has 0 saturated heterocycles. The maximum atomic E-state index is 13.0. The van der Waals surface area contributed by atoms with Gasteiger partial charge < -0.3 is 5.32 Å². The molecule has 2 aromatic carbocycles. The van der Waals surface area contributed by atoms with Crippen LogP contribution in [0.3, 0.4) is 0 Å². The van der Waals surface area contributed by atoms with Gasteiger partial charge in [0, 0.05) is 11.9 Å². The number of benzene rings is 2. The maximum absolute atomic E-state index is 13.0. The third-order valence-electron chi connectivity index (χ3n) is 4.21. The number of aromatic nitrogens is 2. The first-order valence-corrected chi connectivity index (χ1v) is 9.56. The number of hydrogen-bond acceptors (Lipinski definition) is 4. The molecule has 0 bridgehead atoms. The summed E-state index contributed by atoms with van der Waals surface area (Å²) in [6, 6.07) is 12.1. The number of halogens is 1. The third kappa shape index (κ3) is 2.99. The highest BCUT2D eigenvalue weighted by atomic mass is 32.2. The van der Waals surface area contributed by atoms with E-state index in [2.05, 4.69) is 10.4 Å². The lowest BCUT2D eigenvalue weighted by atomic mass is 10.1. The summed E-state index contributed by atoms with van der Waals surface area (Å²) < 4.78 is 38.4. The molecule has 2 heterocycles. The Kier molecular flexibility index (Phi) is 3.84. The molecule has 0 radical (unpaired) electrons. The van der Waals surface area contributed by atoms with Gasteiger partial charge in [-0.2, -0.15) is 5.10 Å². The minimum Gasteiger partial charge on any atom is -0.321 e. The van der Waals surface area contributed by atoms with Gasteiger partial charge in [0.1, 0.15) is 5.82 Å². The Morgan fingerprint density at radius 3 is 2.65 bits per heavy atom. The highest BCUT2D eigenvalue weighted by Gasteiger charge is 2.26. The van der Waals surface area contributed by atoms with E-state index in [0.717, 1.165) is 5.56 Å². The molecule has 0 atom stereocenters. The summed E-state index contributed by atoms with van der Waals surface area (Å²) in [6.07, 6.45) is 2.09. The van der Waals surface area contributed by atoms with Gasteiger partial charge >= 0.3 is 0 Å². The molecule has 6 nitrogen and oxygen atoms in total. The van der Waals surface area contributed by atoms with Crippen LogP contribution in [0.15, 0.2) is 59.6 Å². The minimum atomic E-state index is -3.27. The van der Waals surface area contributed by atoms with Crippen molar-refractivity contribution in [3.63, 3.8) is 0 Å². The smallest absolute Gasteiger partial charge is 0.276 e. The molecule has 1 aliphatic rings. The van der Waals surface area contributed by atoms with Crippen LogP contribution in [-0.2, 0) is 16.3 Å². The number of hydrogen-bond donors (Lipinski definition) is 1. The van der Waals surface area contributed by atoms with Crippen molar-refractivity contribution in [2.75, 3.05) is 11.1 Å². The number of anilines is 1. The highest BCUT2D eigenvalue weighted by Crippen LogP contribution is 2.28. The van der Waals surface area contributed by atoms with E-state index < -0.39 is 15.7 Å². The predicted molar refractivity (Wildman–Crippen MR) is 93.7 cm³/mol. The van der Waals surface area contributed by atoms with Crippen molar-refractivity contribution in [2.24, 2.45) is 0 Å². The number of sulfone groups is 1. The standard InChI is InChI=1S/C18H14FN3O3S/c19-13-2-5-15(6-3-13)22-9-7-16(21-22)18(23)20-14-4-1-12-8-10-26(24,25)17(12)11-14/h1-7,9,11H,8,10H2,(H,20,23). The minimum absolute atomic E-state index is 0.0990. The Bertz CT molecular complexity index is 1100. The molecule has 1 aromatic heterocycles. The van der Waals surface area contributed by atoms with Gasteiger partial charge in [-0.1, -0.05) is 6.07 Å². The van der Waals surface area contributed by atoms with Gasteiger partial charge in [-0.3, -0.25) is 4.79 Å². The molecular weight excluding hydrogens is 357 g/mol. The van der Waals surface area contributed by atoms with Gasteiger partial charge in [-0.25, -0.2) is 17.5 Å². The van der Waals surface area contributed by atoms with E-state index >= 15 is 0 Å². The van der Waals surface area contributed by atoms with Crippen LogP contribution in [0.5, 0.6) is 0 Å². The number of carbonyl (C=O) groups is 1. The molecule has 1 amide bonds. The normalized spacial score (nSPS) is 14.8. The van der Waals surface area contributed by atoms with Crippen LogP contribution < -0.4 is 5.32 Å². The fourth-order valence-corrected chi connectivity index (χ4v) is 4.45. The zero-order valence-corrected chi connectivity index (χ0v) is 14.3. The van der Waals surface area contributed by atoms with Gasteiger partial charge in [0.05, 0.1) is 16.3 Å². The van der Waals surface area contributed by atoms with Crippen LogP contribution in [0.4, 0.5) is 10.1 Å². The maximum Gasteiger partial charge on any atom is 0.276 e. The molecule has 8 heteroatoms. The molecule has 0 saturated carbocycles. The number of nitrogens with zero attached hydrogens (tertiary/aromatic N) is 2. The number of aryl methyl sites for hydroxylation is 1. The summed E-state index contributed by atoms with van der Waals surface area (Å²) in [6.45, 7) is 0. The fourth-order valence-electron chi connectivity index (χ4n) is 2.86. The second-order valence-electron chi connectivity index (χ2n) is 5.97. The summed E-state index contributed by atoms with van der Waals surface area (Å²) in [7, 11) is -3.27. The van der Waals surface area contributed by atoms with Crippen molar-refractivity contribution >= 4 is 21.4 Å². The number of rotatable bonds is 3. The van der Waals surface area contributed by atoms with Crippen molar-refractivity contribution in [1.29, 1.82) is 0 Å². The molecule has 26 heavy (non-hydrogen) atoms. The Morgan fingerprint density at radius 1 is 1.12 bits per heavy atom. The molecule has 1 aliphatic heterocycles.